The molecule has 1 aromatic carbocycles. The van der Waals surface area contributed by atoms with Crippen molar-refractivity contribution in [2.75, 3.05) is 61.4 Å². The van der Waals surface area contributed by atoms with Gasteiger partial charge in [-0.3, -0.25) is 19.5 Å². The summed E-state index contributed by atoms with van der Waals surface area (Å²) in [4.78, 5) is 50.5. The first-order chi connectivity index (χ1) is 37.7. The number of pyridine rings is 2. The number of aryl methyl sites for hydroxylation is 1. The predicted molar refractivity (Wildman–Crippen MR) is 290 cm³/mol. The number of phenols is 1. The lowest BCUT2D eigenvalue weighted by Gasteiger charge is -2.43. The Morgan fingerprint density at radius 1 is 0.910 bits per heavy atom. The van der Waals surface area contributed by atoms with Crippen LogP contribution in [0.4, 0.5) is 21.6 Å². The smallest absolute Gasteiger partial charge is 0.254 e. The van der Waals surface area contributed by atoms with Crippen LogP contribution in [0.2, 0.25) is 0 Å². The number of rotatable bonds is 18. The monoisotopic (exact) mass is 1090 g/mol. The Labute approximate surface area is 456 Å². The zero-order chi connectivity index (χ0) is 54.2. The Bertz CT molecular complexity index is 3080. The number of nitrogens with one attached hydrogen (secondary N) is 1. The number of anilines is 3. The van der Waals surface area contributed by atoms with E-state index in [9.17, 15) is 19.8 Å². The third kappa shape index (κ3) is 11.3. The number of aromatic nitrogens is 6. The average molecular weight is 1090 g/mol. The summed E-state index contributed by atoms with van der Waals surface area (Å²) in [6, 6.07) is 15.0. The second-order valence-electron chi connectivity index (χ2n) is 21.7. The van der Waals surface area contributed by atoms with Gasteiger partial charge in [0.15, 0.2) is 11.6 Å². The quantitative estimate of drug-likeness (QED) is 0.0701. The number of halogens is 1. The molecule has 1 saturated carbocycles. The Kier molecular flexibility index (Phi) is 15.5. The lowest BCUT2D eigenvalue weighted by Crippen LogP contribution is -2.54. The molecule has 2 bridgehead atoms. The molecule has 4 saturated heterocycles. The number of hydrogen-bond donors (Lipinski definition) is 4. The van der Waals surface area contributed by atoms with Gasteiger partial charge >= 0.3 is 0 Å². The van der Waals surface area contributed by atoms with Crippen molar-refractivity contribution in [1.82, 2.24) is 45.4 Å². The Balaban J connectivity index is 0.604. The Morgan fingerprint density at radius 2 is 1.69 bits per heavy atom. The third-order valence-electron chi connectivity index (χ3n) is 16.0. The topological polar surface area (TPSA) is 244 Å². The number of nitrogens with two attached hydrogens (primary N) is 1. The molecule has 5 N–H and O–H groups in total. The van der Waals surface area contributed by atoms with Crippen LogP contribution in [0.1, 0.15) is 94.7 Å². The van der Waals surface area contributed by atoms with Crippen LogP contribution in [0.25, 0.3) is 21.8 Å². The van der Waals surface area contributed by atoms with Gasteiger partial charge in [0, 0.05) is 118 Å². The SMILES string of the molecule is Cc1ncsc1-c1cc(F)c([C@@H](C)NC(=O)[C@@H]2C[C@@H](O)CN2C(=O)[C@H](c2cc(OCCN3CCC(OC4CC(Oc5cc(N6C7CC[C@@H]6CN(c6cc(-c8ccccc8O)nnc6N)C7)ccn5)C4)CC3)no2)C(C)C)cn1. The Hall–Kier alpha value is -7.01. The highest BCUT2D eigenvalue weighted by Gasteiger charge is 2.45. The molecule has 5 fully saturated rings. The van der Waals surface area contributed by atoms with Gasteiger partial charge in [-0.2, -0.15) is 0 Å². The van der Waals surface area contributed by atoms with Gasteiger partial charge in [0.2, 0.25) is 17.7 Å². The number of benzene rings is 1. The number of nitrogens with zero attached hydrogens (tertiary/aromatic N) is 10. The summed E-state index contributed by atoms with van der Waals surface area (Å²) in [6.45, 7) is 11.6. The molecule has 0 radical (unpaired) electrons. The molecule has 20 nitrogen and oxygen atoms in total. The van der Waals surface area contributed by atoms with E-state index in [2.05, 4.69) is 62.5 Å². The number of aliphatic hydroxyl groups is 1. The highest BCUT2D eigenvalue weighted by Crippen LogP contribution is 2.41. The summed E-state index contributed by atoms with van der Waals surface area (Å²) in [5.74, 6) is -0.712. The number of piperidine rings is 1. The molecule has 2 amide bonds. The van der Waals surface area contributed by atoms with Crippen molar-refractivity contribution < 1.29 is 42.9 Å². The van der Waals surface area contributed by atoms with Crippen molar-refractivity contribution in [3.63, 3.8) is 0 Å². The second kappa shape index (κ2) is 22.8. The van der Waals surface area contributed by atoms with Gasteiger partial charge in [-0.05, 0) is 74.9 Å². The van der Waals surface area contributed by atoms with E-state index >= 15 is 4.39 Å². The van der Waals surface area contributed by atoms with E-state index in [0.29, 0.717) is 47.6 Å². The number of hydrogen-bond acceptors (Lipinski definition) is 19. The zero-order valence-corrected chi connectivity index (χ0v) is 45.1. The number of fused-ring (bicyclic) bond motifs is 2. The van der Waals surface area contributed by atoms with Crippen molar-refractivity contribution >= 4 is 40.3 Å². The maximum absolute atomic E-state index is 15.4. The molecule has 11 rings (SSSR count). The molecule has 5 aromatic heterocycles. The molecule has 6 aromatic rings. The number of carbonyl (C=O) groups is 2. The van der Waals surface area contributed by atoms with Crippen LogP contribution in [-0.4, -0.2) is 151 Å². The zero-order valence-electron chi connectivity index (χ0n) is 44.3. The average Bonchev–Trinajstić information content (AvgIpc) is 4.23. The Morgan fingerprint density at radius 3 is 2.42 bits per heavy atom. The normalized spacial score (nSPS) is 23.3. The molecular formula is C56H67FN12O8S. The summed E-state index contributed by atoms with van der Waals surface area (Å²) in [5, 5.41) is 36.7. The summed E-state index contributed by atoms with van der Waals surface area (Å²) < 4.78 is 40.0. The predicted octanol–water partition coefficient (Wildman–Crippen LogP) is 6.69. The second-order valence-corrected chi connectivity index (χ2v) is 22.6. The first-order valence-corrected chi connectivity index (χ1v) is 28.0. The lowest BCUT2D eigenvalue weighted by molar-refractivity contribution is -0.141. The molecule has 1 aliphatic carbocycles. The molecule has 78 heavy (non-hydrogen) atoms. The van der Waals surface area contributed by atoms with Crippen molar-refractivity contribution in [2.45, 2.75) is 127 Å². The highest BCUT2D eigenvalue weighted by atomic mass is 32.1. The van der Waals surface area contributed by atoms with Crippen LogP contribution in [0.5, 0.6) is 17.5 Å². The first kappa shape index (κ1) is 53.0. The largest absolute Gasteiger partial charge is 0.507 e. The van der Waals surface area contributed by atoms with E-state index in [4.69, 9.17) is 24.5 Å². The molecule has 9 heterocycles. The van der Waals surface area contributed by atoms with Gasteiger partial charge in [-0.15, -0.1) is 21.5 Å². The number of ether oxygens (including phenoxy) is 3. The number of amides is 2. The van der Waals surface area contributed by atoms with Crippen LogP contribution in [0.15, 0.2) is 77.0 Å². The number of phenolic OH excluding ortho intramolecular Hbond substituents is 1. The molecule has 4 aliphatic heterocycles. The third-order valence-corrected chi connectivity index (χ3v) is 17.0. The molecule has 22 heteroatoms. The number of aliphatic hydroxyl groups excluding tert-OH is 1. The minimum Gasteiger partial charge on any atom is -0.507 e. The van der Waals surface area contributed by atoms with Gasteiger partial charge in [-0.1, -0.05) is 26.0 Å². The van der Waals surface area contributed by atoms with Crippen molar-refractivity contribution in [3.8, 4) is 39.3 Å². The molecule has 1 unspecified atom stereocenters. The van der Waals surface area contributed by atoms with Crippen molar-refractivity contribution in [3.05, 3.63) is 95.3 Å². The summed E-state index contributed by atoms with van der Waals surface area (Å²) >= 11 is 1.37. The fraction of sp³-hybridized carbons (Fsp3) is 0.500. The number of aromatic hydroxyl groups is 1. The number of likely N-dealkylation sites (tertiary alicyclic amines) is 2. The van der Waals surface area contributed by atoms with Crippen LogP contribution < -0.4 is 30.3 Å². The van der Waals surface area contributed by atoms with E-state index in [0.717, 1.165) is 86.6 Å². The number of carbonyl (C=O) groups excluding carboxylic acids is 2. The van der Waals surface area contributed by atoms with Crippen LogP contribution in [0.3, 0.4) is 0 Å². The molecule has 412 valence electrons. The summed E-state index contributed by atoms with van der Waals surface area (Å²) in [6.07, 6.45) is 8.30. The van der Waals surface area contributed by atoms with Gasteiger partial charge in [0.25, 0.3) is 5.88 Å². The summed E-state index contributed by atoms with van der Waals surface area (Å²) in [7, 11) is 0. The van der Waals surface area contributed by atoms with Crippen LogP contribution >= 0.6 is 11.3 Å². The van der Waals surface area contributed by atoms with Gasteiger partial charge < -0.3 is 54.7 Å². The number of piperazine rings is 1. The van der Waals surface area contributed by atoms with E-state index in [1.54, 1.807) is 30.6 Å². The highest BCUT2D eigenvalue weighted by molar-refractivity contribution is 7.13. The minimum atomic E-state index is -0.977. The fourth-order valence-electron chi connectivity index (χ4n) is 11.9. The lowest BCUT2D eigenvalue weighted by atomic mass is 9.91. The van der Waals surface area contributed by atoms with Crippen molar-refractivity contribution in [2.24, 2.45) is 5.92 Å². The molecule has 0 spiro atoms. The van der Waals surface area contributed by atoms with E-state index in [-0.39, 0.29) is 72.4 Å². The molecule has 6 atom stereocenters. The number of nitrogen functional groups attached to an aromatic ring is 1. The fourth-order valence-corrected chi connectivity index (χ4v) is 12.6. The molecular weight excluding hydrogens is 1020 g/mol. The van der Waals surface area contributed by atoms with E-state index in [1.807, 2.05) is 45.2 Å². The number of thiazole rings is 1. The maximum atomic E-state index is 15.4. The van der Waals surface area contributed by atoms with Gasteiger partial charge in [0.1, 0.15) is 36.2 Å². The van der Waals surface area contributed by atoms with Crippen LogP contribution in [-0.2, 0) is 14.3 Å². The van der Waals surface area contributed by atoms with Gasteiger partial charge in [-0.25, -0.2) is 14.4 Å². The number of β-amino-alcohol motifs (C(OH)–C–C–N with tert-alkyl or cyclic N) is 1. The molecule has 5 aliphatic rings. The van der Waals surface area contributed by atoms with Crippen LogP contribution in [0, 0.1) is 18.7 Å². The van der Waals surface area contributed by atoms with E-state index in [1.165, 1.54) is 28.5 Å². The minimum absolute atomic E-state index is 0.0345. The van der Waals surface area contributed by atoms with E-state index < -0.39 is 35.8 Å². The summed E-state index contributed by atoms with van der Waals surface area (Å²) in [5.41, 5.74) is 12.6. The van der Waals surface area contributed by atoms with Gasteiger partial charge in [0.05, 0.1) is 57.5 Å². The maximum Gasteiger partial charge on any atom is 0.254 e. The first-order valence-electron chi connectivity index (χ1n) is 27.1. The number of para-hydroxylation sites is 1. The standard InChI is InChI=1S/C56H67FN12O8S/c1-31(2)52(56(73)68-29-37(70)20-47(68)55(72)62-32(3)42-26-60-45(23-43(42)57)53-33(4)61-30-78-53)49-25-51(65-77-49)74-18-17-66-15-12-38(13-16-66)75-39-21-40(22-39)76-50-19-34(11-14-59-50)69-35-9-10-36(69)28-67(27-35)46-24-44(63-64-54(46)58)41-7-5-6-8-48(41)71/h5-8,11,14,19,23-26,30-32,35-40,47,52,70-71H,9-10,12-13,15-18,20-22,27-29H2,1-4H3,(H2,58,64)(H,62,72)/t32-,35-,36?,37-,39?,40?,47+,52+/m1/s1. The van der Waals surface area contributed by atoms with Crippen molar-refractivity contribution in [1.29, 1.82) is 0 Å².